The molecule has 0 unspecified atom stereocenters. The lowest BCUT2D eigenvalue weighted by molar-refractivity contribution is 0.328. The Labute approximate surface area is 177 Å². The first-order valence-corrected chi connectivity index (χ1v) is 12.8. The van der Waals surface area contributed by atoms with Crippen molar-refractivity contribution in [1.82, 2.24) is 14.3 Å². The van der Waals surface area contributed by atoms with Crippen molar-refractivity contribution in [2.45, 2.75) is 45.1 Å². The summed E-state index contributed by atoms with van der Waals surface area (Å²) in [4.78, 5) is 9.30. The van der Waals surface area contributed by atoms with Crippen molar-refractivity contribution in [3.8, 4) is 0 Å². The van der Waals surface area contributed by atoms with E-state index in [2.05, 4.69) is 20.0 Å². The summed E-state index contributed by atoms with van der Waals surface area (Å²) in [7, 11) is -3.87. The van der Waals surface area contributed by atoms with Gasteiger partial charge in [-0.3, -0.25) is 4.55 Å². The molecular formula is C18H23N5O3S3. The van der Waals surface area contributed by atoms with Gasteiger partial charge in [-0.05, 0) is 74.0 Å². The maximum Gasteiger partial charge on any atom is 0.264 e. The SMILES string of the molecule is Cc1cc(Nc2nc(NC3CCC(CCS(=O)(=O)O)CC3)c3sccc3n2)sn1. The number of aromatic nitrogens is 3. The second-order valence-electron chi connectivity index (χ2n) is 7.43. The molecular weight excluding hydrogens is 430 g/mol. The minimum absolute atomic E-state index is 0.149. The molecule has 0 bridgehead atoms. The molecule has 0 aliphatic heterocycles. The van der Waals surface area contributed by atoms with E-state index in [1.165, 1.54) is 11.5 Å². The van der Waals surface area contributed by atoms with Gasteiger partial charge in [0.1, 0.15) is 10.8 Å². The number of hydrogen-bond donors (Lipinski definition) is 3. The summed E-state index contributed by atoms with van der Waals surface area (Å²) in [6, 6.07) is 4.24. The first kappa shape index (κ1) is 20.5. The van der Waals surface area contributed by atoms with Crippen LogP contribution >= 0.6 is 22.9 Å². The lowest BCUT2D eigenvalue weighted by Gasteiger charge is -2.29. The Morgan fingerprint density at radius 3 is 2.72 bits per heavy atom. The molecule has 0 saturated heterocycles. The van der Waals surface area contributed by atoms with Gasteiger partial charge in [-0.1, -0.05) is 0 Å². The molecule has 1 aliphatic rings. The highest BCUT2D eigenvalue weighted by Crippen LogP contribution is 2.33. The maximum absolute atomic E-state index is 11.0. The van der Waals surface area contributed by atoms with E-state index in [4.69, 9.17) is 9.54 Å². The topological polar surface area (TPSA) is 117 Å². The lowest BCUT2D eigenvalue weighted by Crippen LogP contribution is -2.27. The Morgan fingerprint density at radius 2 is 2.03 bits per heavy atom. The van der Waals surface area contributed by atoms with Crippen LogP contribution in [0.15, 0.2) is 17.5 Å². The Bertz CT molecular complexity index is 1090. The number of aryl methyl sites for hydroxylation is 1. The van der Waals surface area contributed by atoms with Crippen molar-refractivity contribution >= 4 is 60.0 Å². The molecule has 1 saturated carbocycles. The molecule has 3 heterocycles. The largest absolute Gasteiger partial charge is 0.366 e. The predicted molar refractivity (Wildman–Crippen MR) is 118 cm³/mol. The predicted octanol–water partition coefficient (Wildman–Crippen LogP) is 4.45. The molecule has 0 spiro atoms. The van der Waals surface area contributed by atoms with E-state index < -0.39 is 10.1 Å². The normalized spacial score (nSPS) is 20.1. The highest BCUT2D eigenvalue weighted by Gasteiger charge is 2.23. The van der Waals surface area contributed by atoms with Crippen LogP contribution in [0.25, 0.3) is 10.2 Å². The van der Waals surface area contributed by atoms with Gasteiger partial charge in [0.15, 0.2) is 0 Å². The summed E-state index contributed by atoms with van der Waals surface area (Å²) >= 11 is 2.99. The van der Waals surface area contributed by atoms with Crippen LogP contribution < -0.4 is 10.6 Å². The number of nitrogens with one attached hydrogen (secondary N) is 2. The Morgan fingerprint density at radius 1 is 1.24 bits per heavy atom. The van der Waals surface area contributed by atoms with Crippen molar-refractivity contribution < 1.29 is 13.0 Å². The van der Waals surface area contributed by atoms with Crippen LogP contribution in [0.2, 0.25) is 0 Å². The zero-order valence-electron chi connectivity index (χ0n) is 16.0. The number of rotatable bonds is 7. The van der Waals surface area contributed by atoms with E-state index >= 15 is 0 Å². The molecule has 3 aromatic rings. The molecule has 0 atom stereocenters. The van der Waals surface area contributed by atoms with Crippen molar-refractivity contribution in [2.75, 3.05) is 16.4 Å². The molecule has 1 fully saturated rings. The average molecular weight is 454 g/mol. The third kappa shape index (κ3) is 5.41. The monoisotopic (exact) mass is 453 g/mol. The summed E-state index contributed by atoms with van der Waals surface area (Å²) < 4.78 is 36.2. The van der Waals surface area contributed by atoms with Gasteiger partial charge in [-0.2, -0.15) is 17.8 Å². The van der Waals surface area contributed by atoms with Gasteiger partial charge in [0, 0.05) is 6.04 Å². The quantitative estimate of drug-likeness (QED) is 0.449. The summed E-state index contributed by atoms with van der Waals surface area (Å²) in [6.07, 6.45) is 4.30. The molecule has 156 valence electrons. The minimum atomic E-state index is -3.87. The summed E-state index contributed by atoms with van der Waals surface area (Å²) in [6.45, 7) is 1.95. The van der Waals surface area contributed by atoms with E-state index in [1.807, 2.05) is 24.4 Å². The van der Waals surface area contributed by atoms with Gasteiger partial charge in [0.25, 0.3) is 10.1 Å². The number of nitrogens with zero attached hydrogens (tertiary/aromatic N) is 3. The first-order valence-electron chi connectivity index (χ1n) is 9.53. The van der Waals surface area contributed by atoms with Gasteiger partial charge < -0.3 is 10.6 Å². The minimum Gasteiger partial charge on any atom is -0.366 e. The molecule has 1 aliphatic carbocycles. The van der Waals surface area contributed by atoms with Crippen molar-refractivity contribution in [3.05, 3.63) is 23.2 Å². The van der Waals surface area contributed by atoms with E-state index in [0.29, 0.717) is 18.3 Å². The zero-order valence-corrected chi connectivity index (χ0v) is 18.4. The van der Waals surface area contributed by atoms with Crippen LogP contribution in [0, 0.1) is 12.8 Å². The molecule has 0 radical (unpaired) electrons. The standard InChI is InChI=1S/C18H23N5O3S3/c1-11-10-15(28-23-11)21-18-20-14-6-8-27-16(14)17(22-18)19-13-4-2-12(3-5-13)7-9-29(24,25)26/h6,8,10,12-13H,2-5,7,9H2,1H3,(H,24,25,26)(H2,19,20,21,22). The Balaban J connectivity index is 1.43. The summed E-state index contributed by atoms with van der Waals surface area (Å²) in [5.74, 6) is 1.57. The van der Waals surface area contributed by atoms with Crippen molar-refractivity contribution in [2.24, 2.45) is 5.92 Å². The van der Waals surface area contributed by atoms with Gasteiger partial charge in [0.2, 0.25) is 5.95 Å². The second-order valence-corrected chi connectivity index (χ2v) is 10.7. The molecule has 29 heavy (non-hydrogen) atoms. The molecule has 11 heteroatoms. The number of fused-ring (bicyclic) bond motifs is 1. The Kier molecular flexibility index (Phi) is 6.00. The summed E-state index contributed by atoms with van der Waals surface area (Å²) in [5, 5.41) is 9.73. The van der Waals surface area contributed by atoms with Crippen LogP contribution in [-0.4, -0.2) is 39.1 Å². The molecule has 4 rings (SSSR count). The fourth-order valence-corrected chi connectivity index (χ4v) is 5.72. The second kappa shape index (κ2) is 8.50. The zero-order chi connectivity index (χ0) is 20.4. The third-order valence-corrected chi connectivity index (χ3v) is 7.60. The molecule has 8 nitrogen and oxygen atoms in total. The fourth-order valence-electron chi connectivity index (χ4n) is 3.65. The van der Waals surface area contributed by atoms with Crippen LogP contribution in [-0.2, 0) is 10.1 Å². The van der Waals surface area contributed by atoms with Gasteiger partial charge in [-0.15, -0.1) is 11.3 Å². The van der Waals surface area contributed by atoms with E-state index in [9.17, 15) is 8.42 Å². The van der Waals surface area contributed by atoms with Crippen LogP contribution in [0.4, 0.5) is 16.8 Å². The molecule has 3 N–H and O–H groups in total. The van der Waals surface area contributed by atoms with E-state index in [0.717, 1.165) is 52.4 Å². The smallest absolute Gasteiger partial charge is 0.264 e. The van der Waals surface area contributed by atoms with Crippen LogP contribution in [0.1, 0.15) is 37.8 Å². The maximum atomic E-state index is 11.0. The summed E-state index contributed by atoms with van der Waals surface area (Å²) in [5.41, 5.74) is 1.86. The molecule has 0 aromatic carbocycles. The van der Waals surface area contributed by atoms with E-state index in [1.54, 1.807) is 11.3 Å². The fraction of sp³-hybridized carbons (Fsp3) is 0.500. The van der Waals surface area contributed by atoms with Crippen LogP contribution in [0.5, 0.6) is 0 Å². The average Bonchev–Trinajstić information content (AvgIpc) is 3.29. The molecule has 3 aromatic heterocycles. The number of thiophene rings is 1. The number of anilines is 3. The lowest BCUT2D eigenvalue weighted by atomic mass is 9.84. The first-order chi connectivity index (χ1) is 13.9. The number of hydrogen-bond acceptors (Lipinski definition) is 9. The Hall–Kier alpha value is -1.82. The van der Waals surface area contributed by atoms with Crippen LogP contribution in [0.3, 0.4) is 0 Å². The third-order valence-electron chi connectivity index (χ3n) is 5.14. The van der Waals surface area contributed by atoms with Crippen molar-refractivity contribution in [1.29, 1.82) is 0 Å². The van der Waals surface area contributed by atoms with Crippen molar-refractivity contribution in [3.63, 3.8) is 0 Å². The molecule has 0 amide bonds. The highest BCUT2D eigenvalue weighted by atomic mass is 32.2. The van der Waals surface area contributed by atoms with E-state index in [-0.39, 0.29) is 11.8 Å². The highest BCUT2D eigenvalue weighted by molar-refractivity contribution is 7.85. The van der Waals surface area contributed by atoms with Gasteiger partial charge in [0.05, 0.1) is 21.7 Å². The van der Waals surface area contributed by atoms with Gasteiger partial charge >= 0.3 is 0 Å². The van der Waals surface area contributed by atoms with Gasteiger partial charge in [-0.25, -0.2) is 4.98 Å².